The zero-order valence-electron chi connectivity index (χ0n) is 17.4. The van der Waals surface area contributed by atoms with Crippen molar-refractivity contribution >= 4 is 5.97 Å². The van der Waals surface area contributed by atoms with Crippen LogP contribution in [0.4, 0.5) is 0 Å². The predicted molar refractivity (Wildman–Crippen MR) is 111 cm³/mol. The number of hydrogen-bond donors (Lipinski definition) is 4. The second-order valence-corrected chi connectivity index (χ2v) is 7.47. The molecule has 0 aliphatic rings. The summed E-state index contributed by atoms with van der Waals surface area (Å²) in [6.07, 6.45) is 17.3. The smallest absolute Gasteiger partial charge is 0.303 e. The maximum atomic E-state index is 10.4. The number of unbranched alkanes of at least 4 members (excludes halogenated alkanes) is 11. The molecular weight excluding hydrogens is 360 g/mol. The van der Waals surface area contributed by atoms with Gasteiger partial charge in [-0.05, 0) is 38.5 Å². The highest BCUT2D eigenvalue weighted by molar-refractivity contribution is 5.66. The molecule has 0 heterocycles. The number of aliphatic hydroxyl groups excluding tert-OH is 3. The summed E-state index contributed by atoms with van der Waals surface area (Å²) >= 11 is 0. The normalized spacial score (nSPS) is 13.8. The number of hydrogen-bond acceptors (Lipinski definition) is 5. The van der Waals surface area contributed by atoms with Gasteiger partial charge in [0, 0.05) is 13.0 Å². The van der Waals surface area contributed by atoms with E-state index in [0.717, 1.165) is 44.9 Å². The van der Waals surface area contributed by atoms with Gasteiger partial charge >= 0.3 is 5.97 Å². The lowest BCUT2D eigenvalue weighted by Crippen LogP contribution is -2.33. The van der Waals surface area contributed by atoms with Gasteiger partial charge in [-0.2, -0.15) is 0 Å². The summed E-state index contributed by atoms with van der Waals surface area (Å²) < 4.78 is 5.29. The molecule has 0 saturated heterocycles. The molecule has 0 spiro atoms. The molecule has 28 heavy (non-hydrogen) atoms. The Balaban J connectivity index is 3.19. The molecule has 0 unspecified atom stereocenters. The van der Waals surface area contributed by atoms with Crippen LogP contribution in [0.5, 0.6) is 0 Å². The number of rotatable bonds is 21. The van der Waals surface area contributed by atoms with Gasteiger partial charge in [-0.3, -0.25) is 4.79 Å². The first-order chi connectivity index (χ1) is 13.6. The van der Waals surface area contributed by atoms with Crippen molar-refractivity contribution in [2.75, 3.05) is 19.8 Å². The molecule has 166 valence electrons. The molecule has 2 atom stereocenters. The Labute approximate surface area is 170 Å². The molecule has 0 radical (unpaired) electrons. The fourth-order valence-electron chi connectivity index (χ4n) is 2.91. The molecule has 0 aromatic rings. The Kier molecular flexibility index (Phi) is 20.1. The van der Waals surface area contributed by atoms with Gasteiger partial charge in [0.15, 0.2) is 0 Å². The Morgan fingerprint density at radius 2 is 1.25 bits per heavy atom. The Hall–Kier alpha value is -0.950. The van der Waals surface area contributed by atoms with E-state index in [0.29, 0.717) is 13.0 Å². The van der Waals surface area contributed by atoms with Crippen molar-refractivity contribution in [3.05, 3.63) is 12.2 Å². The molecule has 0 aliphatic carbocycles. The summed E-state index contributed by atoms with van der Waals surface area (Å²) in [6, 6.07) is 0. The van der Waals surface area contributed by atoms with E-state index < -0.39 is 24.8 Å². The minimum absolute atomic E-state index is 0.0682. The van der Waals surface area contributed by atoms with Gasteiger partial charge in [0.25, 0.3) is 0 Å². The number of aliphatic hydroxyl groups is 3. The maximum absolute atomic E-state index is 10.4. The van der Waals surface area contributed by atoms with Crippen LogP contribution in [0.25, 0.3) is 0 Å². The van der Waals surface area contributed by atoms with Crippen molar-refractivity contribution in [2.45, 2.75) is 102 Å². The quantitative estimate of drug-likeness (QED) is 0.172. The standard InChI is InChI=1S/C22H42O6/c23-18-20(24)21(25)19-28-17-15-13-11-9-7-5-3-1-2-4-6-8-10-12-14-16-22(26)27/h1-2,20-21,23-25H,3-19H2,(H,26,27)/b2-1-/t20-,21+/m1/s1. The van der Waals surface area contributed by atoms with Gasteiger partial charge in [-0.1, -0.05) is 57.1 Å². The number of allylic oxidation sites excluding steroid dienone is 2. The molecule has 0 fully saturated rings. The van der Waals surface area contributed by atoms with Crippen LogP contribution in [-0.4, -0.2) is 58.4 Å². The van der Waals surface area contributed by atoms with E-state index >= 15 is 0 Å². The van der Waals surface area contributed by atoms with E-state index in [4.69, 9.17) is 14.9 Å². The number of aliphatic carboxylic acids is 1. The highest BCUT2D eigenvalue weighted by atomic mass is 16.5. The number of ether oxygens (including phenoxy) is 1. The zero-order chi connectivity index (χ0) is 20.9. The van der Waals surface area contributed by atoms with Crippen LogP contribution in [0.15, 0.2) is 12.2 Å². The molecule has 0 aliphatic heterocycles. The Bertz CT molecular complexity index is 372. The van der Waals surface area contributed by atoms with Crippen LogP contribution in [0, 0.1) is 0 Å². The van der Waals surface area contributed by atoms with E-state index in [1.165, 1.54) is 38.5 Å². The van der Waals surface area contributed by atoms with Crippen LogP contribution in [0.3, 0.4) is 0 Å². The highest BCUT2D eigenvalue weighted by Crippen LogP contribution is 2.10. The molecular formula is C22H42O6. The molecule has 6 heteroatoms. The summed E-state index contributed by atoms with van der Waals surface area (Å²) in [5.41, 5.74) is 0. The third-order valence-electron chi connectivity index (χ3n) is 4.76. The number of carboxylic acids is 1. The summed E-state index contributed by atoms with van der Waals surface area (Å²) in [4.78, 5) is 10.4. The van der Waals surface area contributed by atoms with Crippen LogP contribution in [0.2, 0.25) is 0 Å². The highest BCUT2D eigenvalue weighted by Gasteiger charge is 2.14. The molecule has 0 saturated carbocycles. The molecule has 0 aromatic carbocycles. The molecule has 0 aromatic heterocycles. The van der Waals surface area contributed by atoms with Crippen LogP contribution in [0.1, 0.15) is 89.9 Å². The number of carboxylic acid groups (broad SMARTS) is 1. The second kappa shape index (κ2) is 20.8. The van der Waals surface area contributed by atoms with Crippen LogP contribution >= 0.6 is 0 Å². The van der Waals surface area contributed by atoms with Gasteiger partial charge < -0.3 is 25.2 Å². The van der Waals surface area contributed by atoms with Crippen molar-refractivity contribution in [3.63, 3.8) is 0 Å². The first-order valence-electron chi connectivity index (χ1n) is 11.0. The minimum Gasteiger partial charge on any atom is -0.481 e. The first kappa shape index (κ1) is 27.0. The lowest BCUT2D eigenvalue weighted by Gasteiger charge is -2.15. The van der Waals surface area contributed by atoms with Crippen LogP contribution in [-0.2, 0) is 9.53 Å². The SMILES string of the molecule is O=C(O)CCCCCCC/C=C\CCCCCCCCOC[C@H](O)[C@H](O)CO. The van der Waals surface area contributed by atoms with Gasteiger partial charge in [0.1, 0.15) is 12.2 Å². The van der Waals surface area contributed by atoms with Crippen molar-refractivity contribution < 1.29 is 30.0 Å². The van der Waals surface area contributed by atoms with Gasteiger partial charge in [0.05, 0.1) is 13.2 Å². The summed E-state index contributed by atoms with van der Waals surface area (Å²) in [5, 5.41) is 35.8. The third-order valence-corrected chi connectivity index (χ3v) is 4.76. The zero-order valence-corrected chi connectivity index (χ0v) is 17.4. The second-order valence-electron chi connectivity index (χ2n) is 7.47. The Morgan fingerprint density at radius 3 is 1.79 bits per heavy atom. The summed E-state index contributed by atoms with van der Waals surface area (Å²) in [5.74, 6) is -0.690. The van der Waals surface area contributed by atoms with Crippen molar-refractivity contribution in [1.29, 1.82) is 0 Å². The molecule has 0 rings (SSSR count). The monoisotopic (exact) mass is 402 g/mol. The van der Waals surface area contributed by atoms with E-state index in [1.54, 1.807) is 0 Å². The summed E-state index contributed by atoms with van der Waals surface area (Å²) in [7, 11) is 0. The summed E-state index contributed by atoms with van der Waals surface area (Å²) in [6.45, 7) is 0.201. The van der Waals surface area contributed by atoms with Crippen molar-refractivity contribution in [1.82, 2.24) is 0 Å². The van der Waals surface area contributed by atoms with E-state index in [9.17, 15) is 15.0 Å². The molecule has 0 amide bonds. The Morgan fingerprint density at radius 1 is 0.750 bits per heavy atom. The van der Waals surface area contributed by atoms with E-state index in [2.05, 4.69) is 12.2 Å². The average Bonchev–Trinajstić information content (AvgIpc) is 2.68. The predicted octanol–water partition coefficient (Wildman–Crippen LogP) is 3.82. The third kappa shape index (κ3) is 19.8. The van der Waals surface area contributed by atoms with Gasteiger partial charge in [-0.15, -0.1) is 0 Å². The lowest BCUT2D eigenvalue weighted by molar-refractivity contribution is -0.137. The van der Waals surface area contributed by atoms with Crippen molar-refractivity contribution in [3.8, 4) is 0 Å². The fourth-order valence-corrected chi connectivity index (χ4v) is 2.91. The lowest BCUT2D eigenvalue weighted by atomic mass is 10.1. The molecule has 6 nitrogen and oxygen atoms in total. The first-order valence-corrected chi connectivity index (χ1v) is 11.0. The van der Waals surface area contributed by atoms with Crippen molar-refractivity contribution in [2.24, 2.45) is 0 Å². The van der Waals surface area contributed by atoms with E-state index in [1.807, 2.05) is 0 Å². The molecule has 4 N–H and O–H groups in total. The van der Waals surface area contributed by atoms with Gasteiger partial charge in [0.2, 0.25) is 0 Å². The molecule has 0 bridgehead atoms. The minimum atomic E-state index is -1.12. The fraction of sp³-hybridized carbons (Fsp3) is 0.864. The largest absolute Gasteiger partial charge is 0.481 e. The number of carbonyl (C=O) groups is 1. The average molecular weight is 403 g/mol. The van der Waals surface area contributed by atoms with Gasteiger partial charge in [-0.25, -0.2) is 0 Å². The topological polar surface area (TPSA) is 107 Å². The van der Waals surface area contributed by atoms with E-state index in [-0.39, 0.29) is 6.61 Å². The van der Waals surface area contributed by atoms with Crippen LogP contribution < -0.4 is 0 Å². The maximum Gasteiger partial charge on any atom is 0.303 e.